The second-order valence-electron chi connectivity index (χ2n) is 5.16. The van der Waals surface area contributed by atoms with Crippen LogP contribution >= 0.6 is 27.5 Å². The summed E-state index contributed by atoms with van der Waals surface area (Å²) in [6, 6.07) is 6.58. The summed E-state index contributed by atoms with van der Waals surface area (Å²) in [6.07, 6.45) is 1.71. The molecule has 0 radical (unpaired) electrons. The Morgan fingerprint density at radius 2 is 2.05 bits per heavy atom. The lowest BCUT2D eigenvalue weighted by molar-refractivity contribution is 0.483. The van der Waals surface area contributed by atoms with E-state index in [1.807, 2.05) is 11.7 Å². The van der Waals surface area contributed by atoms with E-state index in [2.05, 4.69) is 65.3 Å². The van der Waals surface area contributed by atoms with Crippen LogP contribution in [-0.4, -0.2) is 16.8 Å². The van der Waals surface area contributed by atoms with E-state index in [4.69, 9.17) is 11.6 Å². The van der Waals surface area contributed by atoms with E-state index >= 15 is 0 Å². The van der Waals surface area contributed by atoms with Crippen LogP contribution in [0, 0.1) is 6.92 Å². The molecule has 1 aromatic carbocycles. The summed E-state index contributed by atoms with van der Waals surface area (Å²) < 4.78 is 3.04. The zero-order valence-electron chi connectivity index (χ0n) is 12.1. The Bertz CT molecular complexity index is 607. The van der Waals surface area contributed by atoms with E-state index in [9.17, 15) is 0 Å². The fraction of sp³-hybridized carbons (Fsp3) is 0.400. The highest BCUT2D eigenvalue weighted by molar-refractivity contribution is 9.10. The molecule has 0 aliphatic rings. The maximum atomic E-state index is 6.37. The molecule has 0 spiro atoms. The van der Waals surface area contributed by atoms with Crippen LogP contribution in [0.15, 0.2) is 28.9 Å². The average molecular weight is 357 g/mol. The normalized spacial score (nSPS) is 12.9. The Morgan fingerprint density at radius 3 is 2.65 bits per heavy atom. The van der Waals surface area contributed by atoms with Gasteiger partial charge < -0.3 is 5.32 Å². The Kier molecular flexibility index (Phi) is 4.89. The highest BCUT2D eigenvalue weighted by atomic mass is 79.9. The highest BCUT2D eigenvalue weighted by Crippen LogP contribution is 2.34. The summed E-state index contributed by atoms with van der Waals surface area (Å²) in [4.78, 5) is 0. The Hall–Kier alpha value is -0.840. The van der Waals surface area contributed by atoms with E-state index in [0.717, 1.165) is 15.7 Å². The minimum atomic E-state index is 0.00155. The third-order valence-electron chi connectivity index (χ3n) is 3.30. The minimum absolute atomic E-state index is 0.00155. The fourth-order valence-electron chi connectivity index (χ4n) is 2.36. The third kappa shape index (κ3) is 2.92. The van der Waals surface area contributed by atoms with Gasteiger partial charge in [-0.25, -0.2) is 0 Å². The molecule has 5 heteroatoms. The van der Waals surface area contributed by atoms with Gasteiger partial charge in [-0.3, -0.25) is 4.68 Å². The second-order valence-corrected chi connectivity index (χ2v) is 6.42. The zero-order valence-corrected chi connectivity index (χ0v) is 14.5. The maximum Gasteiger partial charge on any atom is 0.0837 e. The first-order valence-corrected chi connectivity index (χ1v) is 7.79. The van der Waals surface area contributed by atoms with Crippen molar-refractivity contribution in [2.75, 3.05) is 7.05 Å². The molecule has 0 bridgehead atoms. The van der Waals surface area contributed by atoms with Crippen molar-refractivity contribution in [3.8, 4) is 0 Å². The van der Waals surface area contributed by atoms with Crippen molar-refractivity contribution in [3.05, 3.63) is 50.7 Å². The van der Waals surface area contributed by atoms with Gasteiger partial charge in [-0.2, -0.15) is 5.10 Å². The zero-order chi connectivity index (χ0) is 14.9. The third-order valence-corrected chi connectivity index (χ3v) is 4.31. The second kappa shape index (κ2) is 6.29. The molecule has 1 N–H and O–H groups in total. The van der Waals surface area contributed by atoms with Gasteiger partial charge in [0.2, 0.25) is 0 Å². The average Bonchev–Trinajstić information content (AvgIpc) is 2.77. The lowest BCUT2D eigenvalue weighted by Gasteiger charge is -2.22. The summed E-state index contributed by atoms with van der Waals surface area (Å²) in [5.41, 5.74) is 3.38. The van der Waals surface area contributed by atoms with E-state index in [-0.39, 0.29) is 12.1 Å². The molecule has 1 unspecified atom stereocenters. The molecule has 0 amide bonds. The molecule has 0 aliphatic heterocycles. The van der Waals surface area contributed by atoms with E-state index in [1.165, 1.54) is 5.56 Å². The van der Waals surface area contributed by atoms with Crippen molar-refractivity contribution in [1.82, 2.24) is 15.1 Å². The van der Waals surface area contributed by atoms with Gasteiger partial charge in [0.15, 0.2) is 0 Å². The topological polar surface area (TPSA) is 29.9 Å². The number of nitrogens with zero attached hydrogens (tertiary/aromatic N) is 2. The van der Waals surface area contributed by atoms with Crippen LogP contribution < -0.4 is 5.32 Å². The van der Waals surface area contributed by atoms with E-state index < -0.39 is 0 Å². The Labute approximate surface area is 133 Å². The van der Waals surface area contributed by atoms with Gasteiger partial charge in [0.05, 0.1) is 23.0 Å². The molecule has 3 nitrogen and oxygen atoms in total. The minimum Gasteiger partial charge on any atom is -0.308 e. The van der Waals surface area contributed by atoms with Crippen LogP contribution in [0.5, 0.6) is 0 Å². The van der Waals surface area contributed by atoms with Crippen molar-refractivity contribution in [3.63, 3.8) is 0 Å². The maximum absolute atomic E-state index is 6.37. The molecule has 1 aromatic heterocycles. The largest absolute Gasteiger partial charge is 0.308 e. The monoisotopic (exact) mass is 355 g/mol. The summed E-state index contributed by atoms with van der Waals surface area (Å²) in [5, 5.41) is 8.43. The van der Waals surface area contributed by atoms with Gasteiger partial charge in [-0.05, 0) is 39.4 Å². The van der Waals surface area contributed by atoms with E-state index in [1.54, 1.807) is 6.20 Å². The number of rotatable bonds is 4. The number of nitrogens with one attached hydrogen (secondary N) is 1. The quantitative estimate of drug-likeness (QED) is 0.874. The first-order valence-electron chi connectivity index (χ1n) is 6.62. The van der Waals surface area contributed by atoms with E-state index in [0.29, 0.717) is 5.02 Å². The molecule has 0 fully saturated rings. The summed E-state index contributed by atoms with van der Waals surface area (Å²) >= 11 is 10.00. The van der Waals surface area contributed by atoms with Crippen molar-refractivity contribution >= 4 is 27.5 Å². The fourth-order valence-corrected chi connectivity index (χ4v) is 3.07. The van der Waals surface area contributed by atoms with Crippen LogP contribution in [0.3, 0.4) is 0 Å². The smallest absolute Gasteiger partial charge is 0.0837 e. The summed E-state index contributed by atoms with van der Waals surface area (Å²) in [5.74, 6) is 0. The Morgan fingerprint density at radius 1 is 1.35 bits per heavy atom. The van der Waals surface area contributed by atoms with Gasteiger partial charge in [-0.1, -0.05) is 45.2 Å². The molecule has 1 atom stereocenters. The van der Waals surface area contributed by atoms with Crippen LogP contribution in [-0.2, 0) is 0 Å². The molecule has 2 aromatic rings. The van der Waals surface area contributed by atoms with Crippen molar-refractivity contribution in [2.24, 2.45) is 0 Å². The molecule has 1 heterocycles. The number of hydrogen-bond donors (Lipinski definition) is 1. The molecule has 0 saturated heterocycles. The van der Waals surface area contributed by atoms with Gasteiger partial charge >= 0.3 is 0 Å². The Balaban J connectivity index is 2.58. The molecule has 2 rings (SSSR count). The van der Waals surface area contributed by atoms with Crippen molar-refractivity contribution in [1.29, 1.82) is 0 Å². The lowest BCUT2D eigenvalue weighted by atomic mass is 10.0. The van der Waals surface area contributed by atoms with Crippen molar-refractivity contribution < 1.29 is 0 Å². The number of aryl methyl sites for hydroxylation is 1. The van der Waals surface area contributed by atoms with Crippen LogP contribution in [0.1, 0.15) is 42.8 Å². The standard InChI is InChI=1S/C15H19BrClN3/c1-9(2)20-15(13(17)8-19-20)14(18-4)11-7-10(3)5-6-12(11)16/h5-9,14,18H,1-4H3. The lowest BCUT2D eigenvalue weighted by Crippen LogP contribution is -2.23. The predicted octanol–water partition coefficient (Wildman–Crippen LogP) is 4.50. The van der Waals surface area contributed by atoms with Crippen LogP contribution in [0.2, 0.25) is 5.02 Å². The van der Waals surface area contributed by atoms with Gasteiger partial charge in [-0.15, -0.1) is 0 Å². The molecular formula is C15H19BrClN3. The van der Waals surface area contributed by atoms with Gasteiger partial charge in [0.1, 0.15) is 0 Å². The van der Waals surface area contributed by atoms with Gasteiger partial charge in [0, 0.05) is 10.5 Å². The first kappa shape index (κ1) is 15.5. The molecular weight excluding hydrogens is 338 g/mol. The number of hydrogen-bond acceptors (Lipinski definition) is 2. The molecule has 0 saturated carbocycles. The predicted molar refractivity (Wildman–Crippen MR) is 87.4 cm³/mol. The van der Waals surface area contributed by atoms with Crippen molar-refractivity contribution in [2.45, 2.75) is 32.9 Å². The summed E-state index contributed by atoms with van der Waals surface area (Å²) in [7, 11) is 1.94. The molecule has 108 valence electrons. The SMILES string of the molecule is CNC(c1cc(C)ccc1Br)c1c(Cl)cnn1C(C)C. The first-order chi connectivity index (χ1) is 9.45. The van der Waals surface area contributed by atoms with Crippen LogP contribution in [0.25, 0.3) is 0 Å². The number of benzene rings is 1. The van der Waals surface area contributed by atoms with Crippen LogP contribution in [0.4, 0.5) is 0 Å². The summed E-state index contributed by atoms with van der Waals surface area (Å²) in [6.45, 7) is 6.29. The number of halogens is 2. The number of aromatic nitrogens is 2. The highest BCUT2D eigenvalue weighted by Gasteiger charge is 2.23. The molecule has 0 aliphatic carbocycles. The van der Waals surface area contributed by atoms with Gasteiger partial charge in [0.25, 0.3) is 0 Å². The molecule has 20 heavy (non-hydrogen) atoms.